The van der Waals surface area contributed by atoms with Gasteiger partial charge in [0, 0.05) is 36.1 Å². The molecule has 2 saturated heterocycles. The maximum absolute atomic E-state index is 13.3. The molecule has 1 aromatic heterocycles. The van der Waals surface area contributed by atoms with Crippen LogP contribution in [-0.2, 0) is 15.6 Å². The van der Waals surface area contributed by atoms with Gasteiger partial charge in [-0.1, -0.05) is 0 Å². The lowest BCUT2D eigenvalue weighted by Gasteiger charge is -2.37. The largest absolute Gasteiger partial charge is 0.377 e. The molecular weight excluding hydrogens is 444 g/mol. The Bertz CT molecular complexity index is 1170. The summed E-state index contributed by atoms with van der Waals surface area (Å²) in [4.78, 5) is 22.2. The molecule has 2 atom stereocenters. The fourth-order valence-corrected chi connectivity index (χ4v) is 7.10. The molecule has 2 N–H and O–H groups in total. The number of piperidine rings is 1. The summed E-state index contributed by atoms with van der Waals surface area (Å²) in [5.74, 6) is 0.413. The average molecular weight is 473 g/mol. The van der Waals surface area contributed by atoms with Crippen LogP contribution >= 0.6 is 0 Å². The second-order valence-corrected chi connectivity index (χ2v) is 11.1. The van der Waals surface area contributed by atoms with Crippen LogP contribution in [0.15, 0.2) is 35.5 Å². The van der Waals surface area contributed by atoms with Gasteiger partial charge in [-0.3, -0.25) is 10.1 Å². The van der Waals surface area contributed by atoms with E-state index in [1.165, 1.54) is 19.1 Å². The van der Waals surface area contributed by atoms with Crippen molar-refractivity contribution in [2.45, 2.75) is 74.0 Å². The standard InChI is InChI=1S/C22H28N6O4S/c1-14-19(33(31,32)26-22(8-9-22)21-23-10-3-11-24-21)7-6-18(20(14)28(29)30)25-15-12-16-4-5-17(13-15)27(16)2/h3,6-7,10-11,15-17,25-26H,4-5,8-9,12-13H2,1-2H3. The maximum Gasteiger partial charge on any atom is 0.296 e. The molecule has 1 saturated carbocycles. The summed E-state index contributed by atoms with van der Waals surface area (Å²) in [6, 6.07) is 5.75. The van der Waals surface area contributed by atoms with E-state index in [2.05, 4.69) is 32.0 Å². The highest BCUT2D eigenvalue weighted by atomic mass is 32.2. The molecule has 33 heavy (non-hydrogen) atoms. The smallest absolute Gasteiger partial charge is 0.296 e. The third kappa shape index (κ3) is 3.98. The SMILES string of the molecule is Cc1c(S(=O)(=O)NC2(c3ncccn3)CC2)ccc(NC2CC3CCC(C2)N3C)c1[N+](=O)[O-]. The molecule has 3 aliphatic rings. The number of hydrogen-bond donors (Lipinski definition) is 2. The first-order valence-corrected chi connectivity index (χ1v) is 12.8. The van der Waals surface area contributed by atoms with Crippen molar-refractivity contribution in [3.8, 4) is 0 Å². The molecule has 2 unspecified atom stereocenters. The van der Waals surface area contributed by atoms with Gasteiger partial charge in [0.05, 0.1) is 15.4 Å². The fourth-order valence-electron chi connectivity index (χ4n) is 5.43. The maximum atomic E-state index is 13.3. The van der Waals surface area contributed by atoms with Crippen LogP contribution in [0.2, 0.25) is 0 Å². The Labute approximate surface area is 193 Å². The molecule has 11 heteroatoms. The predicted octanol–water partition coefficient (Wildman–Crippen LogP) is 2.70. The van der Waals surface area contributed by atoms with Crippen LogP contribution in [0, 0.1) is 17.0 Å². The van der Waals surface area contributed by atoms with Crippen LogP contribution in [0.3, 0.4) is 0 Å². The number of nitro benzene ring substituents is 1. The molecule has 1 aromatic carbocycles. The zero-order valence-corrected chi connectivity index (χ0v) is 19.5. The van der Waals surface area contributed by atoms with Gasteiger partial charge in [0.25, 0.3) is 5.69 Å². The Balaban J connectivity index is 1.42. The van der Waals surface area contributed by atoms with Crippen LogP contribution in [0.5, 0.6) is 0 Å². The molecule has 3 fully saturated rings. The molecule has 5 rings (SSSR count). The van der Waals surface area contributed by atoms with E-state index in [4.69, 9.17) is 0 Å². The number of rotatable bonds is 7. The van der Waals surface area contributed by atoms with Crippen LogP contribution in [0.1, 0.15) is 49.9 Å². The summed E-state index contributed by atoms with van der Waals surface area (Å²) < 4.78 is 29.3. The fraction of sp³-hybridized carbons (Fsp3) is 0.545. The third-order valence-electron chi connectivity index (χ3n) is 7.38. The minimum atomic E-state index is -4.02. The quantitative estimate of drug-likeness (QED) is 0.465. The van der Waals surface area contributed by atoms with Gasteiger partial charge >= 0.3 is 0 Å². The molecule has 0 radical (unpaired) electrons. The highest BCUT2D eigenvalue weighted by molar-refractivity contribution is 7.89. The van der Waals surface area contributed by atoms with E-state index >= 15 is 0 Å². The van der Waals surface area contributed by atoms with E-state index in [0.717, 1.165) is 25.7 Å². The number of aromatic nitrogens is 2. The molecule has 10 nitrogen and oxygen atoms in total. The zero-order chi connectivity index (χ0) is 23.4. The lowest BCUT2D eigenvalue weighted by atomic mass is 9.97. The first kappa shape index (κ1) is 22.2. The minimum absolute atomic E-state index is 0.0922. The number of anilines is 1. The van der Waals surface area contributed by atoms with Crippen molar-refractivity contribution in [1.82, 2.24) is 19.6 Å². The van der Waals surface area contributed by atoms with Crippen LogP contribution in [0.25, 0.3) is 0 Å². The first-order valence-electron chi connectivity index (χ1n) is 11.3. The van der Waals surface area contributed by atoms with Gasteiger partial charge in [0.2, 0.25) is 10.0 Å². The van der Waals surface area contributed by atoms with Crippen molar-refractivity contribution in [3.05, 3.63) is 52.1 Å². The van der Waals surface area contributed by atoms with Gasteiger partial charge in [-0.25, -0.2) is 18.4 Å². The van der Waals surface area contributed by atoms with Gasteiger partial charge in [0.1, 0.15) is 11.5 Å². The highest BCUT2D eigenvalue weighted by Gasteiger charge is 2.50. The Morgan fingerprint density at radius 3 is 2.36 bits per heavy atom. The number of nitrogens with one attached hydrogen (secondary N) is 2. The van der Waals surface area contributed by atoms with Crippen molar-refractivity contribution in [2.24, 2.45) is 0 Å². The molecule has 2 aromatic rings. The number of hydrogen-bond acceptors (Lipinski definition) is 8. The van der Waals surface area contributed by atoms with Crippen molar-refractivity contribution in [3.63, 3.8) is 0 Å². The number of sulfonamides is 1. The Hall–Kier alpha value is -2.63. The van der Waals surface area contributed by atoms with Crippen LogP contribution < -0.4 is 10.0 Å². The van der Waals surface area contributed by atoms with Crippen molar-refractivity contribution in [1.29, 1.82) is 0 Å². The lowest BCUT2D eigenvalue weighted by molar-refractivity contribution is -0.384. The van der Waals surface area contributed by atoms with E-state index in [0.29, 0.717) is 36.4 Å². The van der Waals surface area contributed by atoms with Gasteiger partial charge < -0.3 is 10.2 Å². The van der Waals surface area contributed by atoms with Crippen LogP contribution in [0.4, 0.5) is 11.4 Å². The van der Waals surface area contributed by atoms with Crippen molar-refractivity contribution in [2.75, 3.05) is 12.4 Å². The molecule has 1 aliphatic carbocycles. The molecule has 2 bridgehead atoms. The summed E-state index contributed by atoms with van der Waals surface area (Å²) in [6.07, 6.45) is 8.44. The average Bonchev–Trinajstić information content (AvgIpc) is 3.51. The Kier molecular flexibility index (Phi) is 5.37. The van der Waals surface area contributed by atoms with Gasteiger partial charge in [0.15, 0.2) is 0 Å². The number of nitro groups is 1. The van der Waals surface area contributed by atoms with Gasteiger partial charge in [-0.15, -0.1) is 0 Å². The van der Waals surface area contributed by atoms with Crippen molar-refractivity contribution >= 4 is 21.4 Å². The Morgan fingerprint density at radius 2 is 1.79 bits per heavy atom. The van der Waals surface area contributed by atoms with E-state index in [1.807, 2.05) is 0 Å². The minimum Gasteiger partial charge on any atom is -0.377 e. The van der Waals surface area contributed by atoms with Crippen LogP contribution in [-0.4, -0.2) is 53.4 Å². The molecule has 2 aliphatic heterocycles. The second-order valence-electron chi connectivity index (χ2n) is 9.47. The zero-order valence-electron chi connectivity index (χ0n) is 18.7. The third-order valence-corrected chi connectivity index (χ3v) is 9.07. The molecular formula is C22H28N6O4S. The number of nitrogens with zero attached hydrogens (tertiary/aromatic N) is 4. The molecule has 0 spiro atoms. The second kappa shape index (κ2) is 8.00. The topological polar surface area (TPSA) is 130 Å². The number of fused-ring (bicyclic) bond motifs is 2. The normalized spacial score (nSPS) is 26.2. The summed E-state index contributed by atoms with van der Waals surface area (Å²) in [7, 11) is -1.88. The first-order chi connectivity index (χ1) is 15.7. The summed E-state index contributed by atoms with van der Waals surface area (Å²) in [5, 5.41) is 15.4. The molecule has 0 amide bonds. The van der Waals surface area contributed by atoms with E-state index < -0.39 is 20.5 Å². The van der Waals surface area contributed by atoms with E-state index in [9.17, 15) is 18.5 Å². The lowest BCUT2D eigenvalue weighted by Crippen LogP contribution is -2.44. The Morgan fingerprint density at radius 1 is 1.15 bits per heavy atom. The summed E-state index contributed by atoms with van der Waals surface area (Å²) >= 11 is 0. The molecule has 176 valence electrons. The monoisotopic (exact) mass is 472 g/mol. The summed E-state index contributed by atoms with van der Waals surface area (Å²) in [6.45, 7) is 1.49. The van der Waals surface area contributed by atoms with E-state index in [1.54, 1.807) is 18.5 Å². The predicted molar refractivity (Wildman–Crippen MR) is 122 cm³/mol. The van der Waals surface area contributed by atoms with Crippen molar-refractivity contribution < 1.29 is 13.3 Å². The van der Waals surface area contributed by atoms with Gasteiger partial charge in [-0.2, -0.15) is 4.72 Å². The number of benzene rings is 1. The summed E-state index contributed by atoms with van der Waals surface area (Å²) in [5.41, 5.74) is -0.549. The van der Waals surface area contributed by atoms with Gasteiger partial charge in [-0.05, 0) is 70.7 Å². The highest BCUT2D eigenvalue weighted by Crippen LogP contribution is 2.45. The molecule has 3 heterocycles. The van der Waals surface area contributed by atoms with E-state index in [-0.39, 0.29) is 22.2 Å².